The standard InChI is InChI=1S/C15H23N3OS/c1-12-3-2-6-17(9-12)13-7-14(19)18(16-8-13)10-15(11-20)4-5-15/h7-8,12,20H,2-6,9-11H2,1H3. The number of anilines is 1. The van der Waals surface area contributed by atoms with E-state index in [4.69, 9.17) is 0 Å². The van der Waals surface area contributed by atoms with Crippen LogP contribution in [0.15, 0.2) is 17.1 Å². The highest BCUT2D eigenvalue weighted by molar-refractivity contribution is 7.80. The maximum atomic E-state index is 12.2. The second kappa shape index (κ2) is 5.43. The largest absolute Gasteiger partial charge is 0.370 e. The van der Waals surface area contributed by atoms with Crippen LogP contribution < -0.4 is 10.5 Å². The summed E-state index contributed by atoms with van der Waals surface area (Å²) in [6.07, 6.45) is 6.67. The van der Waals surface area contributed by atoms with Gasteiger partial charge in [0.15, 0.2) is 0 Å². The number of piperidine rings is 1. The van der Waals surface area contributed by atoms with Gasteiger partial charge in [-0.25, -0.2) is 4.68 Å². The third-order valence-corrected chi connectivity index (χ3v) is 5.33. The molecule has 1 aliphatic heterocycles. The van der Waals surface area contributed by atoms with Gasteiger partial charge in [0, 0.05) is 19.2 Å². The predicted molar refractivity (Wildman–Crippen MR) is 84.6 cm³/mol. The Labute approximate surface area is 125 Å². The van der Waals surface area contributed by atoms with Gasteiger partial charge in [-0.1, -0.05) is 6.92 Å². The van der Waals surface area contributed by atoms with Crippen LogP contribution in [-0.4, -0.2) is 28.6 Å². The molecule has 2 heterocycles. The molecule has 0 aromatic carbocycles. The van der Waals surface area contributed by atoms with Gasteiger partial charge in [0.25, 0.3) is 5.56 Å². The zero-order valence-corrected chi connectivity index (χ0v) is 13.0. The van der Waals surface area contributed by atoms with E-state index in [1.165, 1.54) is 12.8 Å². The van der Waals surface area contributed by atoms with Crippen LogP contribution in [0.25, 0.3) is 0 Å². The second-order valence-electron chi connectivity index (χ2n) is 6.56. The Kier molecular flexibility index (Phi) is 3.80. The minimum Gasteiger partial charge on any atom is -0.370 e. The summed E-state index contributed by atoms with van der Waals surface area (Å²) >= 11 is 4.39. The van der Waals surface area contributed by atoms with Crippen LogP contribution >= 0.6 is 12.6 Å². The normalized spacial score (nSPS) is 24.7. The molecule has 110 valence electrons. The summed E-state index contributed by atoms with van der Waals surface area (Å²) in [4.78, 5) is 14.5. The lowest BCUT2D eigenvalue weighted by Crippen LogP contribution is -2.36. The van der Waals surface area contributed by atoms with Crippen LogP contribution in [0.3, 0.4) is 0 Å². The Balaban J connectivity index is 1.75. The molecule has 20 heavy (non-hydrogen) atoms. The van der Waals surface area contributed by atoms with Crippen molar-refractivity contribution in [1.82, 2.24) is 9.78 Å². The Morgan fingerprint density at radius 1 is 1.50 bits per heavy atom. The third kappa shape index (κ3) is 2.87. The molecule has 1 unspecified atom stereocenters. The molecular formula is C15H23N3OS. The Morgan fingerprint density at radius 3 is 2.90 bits per heavy atom. The first kappa shape index (κ1) is 14.0. The SMILES string of the molecule is CC1CCCN(c2cnn(CC3(CS)CC3)c(=O)c2)C1. The van der Waals surface area contributed by atoms with E-state index in [2.05, 4.69) is 29.6 Å². The molecule has 3 rings (SSSR count). The van der Waals surface area contributed by atoms with E-state index in [0.717, 1.165) is 37.4 Å². The summed E-state index contributed by atoms with van der Waals surface area (Å²) in [5.41, 5.74) is 1.23. The monoisotopic (exact) mass is 293 g/mol. The first-order valence-electron chi connectivity index (χ1n) is 7.55. The van der Waals surface area contributed by atoms with E-state index >= 15 is 0 Å². The Bertz CT molecular complexity index is 538. The molecule has 2 aliphatic rings. The van der Waals surface area contributed by atoms with Crippen molar-refractivity contribution < 1.29 is 0 Å². The maximum absolute atomic E-state index is 12.2. The van der Waals surface area contributed by atoms with Gasteiger partial charge in [-0.2, -0.15) is 17.7 Å². The van der Waals surface area contributed by atoms with Gasteiger partial charge in [0.1, 0.15) is 0 Å². The molecule has 1 aromatic rings. The fourth-order valence-corrected chi connectivity index (χ4v) is 3.42. The van der Waals surface area contributed by atoms with Gasteiger partial charge >= 0.3 is 0 Å². The van der Waals surface area contributed by atoms with Crippen molar-refractivity contribution >= 4 is 18.3 Å². The summed E-state index contributed by atoms with van der Waals surface area (Å²) in [5, 5.41) is 4.38. The van der Waals surface area contributed by atoms with Crippen LogP contribution in [-0.2, 0) is 6.54 Å². The minimum atomic E-state index is 0.0220. The molecule has 0 N–H and O–H groups in total. The first-order valence-corrected chi connectivity index (χ1v) is 8.18. The van der Waals surface area contributed by atoms with E-state index in [1.807, 2.05) is 6.20 Å². The lowest BCUT2D eigenvalue weighted by Gasteiger charge is -2.32. The minimum absolute atomic E-state index is 0.0220. The molecule has 1 aromatic heterocycles. The van der Waals surface area contributed by atoms with E-state index in [0.29, 0.717) is 12.5 Å². The number of nitrogens with zero attached hydrogens (tertiary/aromatic N) is 3. The van der Waals surface area contributed by atoms with Crippen LogP contribution in [0.5, 0.6) is 0 Å². The number of aromatic nitrogens is 2. The van der Waals surface area contributed by atoms with Gasteiger partial charge in [-0.3, -0.25) is 4.79 Å². The fraction of sp³-hybridized carbons (Fsp3) is 0.733. The third-order valence-electron chi connectivity index (χ3n) is 4.66. The maximum Gasteiger partial charge on any atom is 0.268 e. The molecule has 1 saturated carbocycles. The zero-order chi connectivity index (χ0) is 14.2. The molecule has 0 bridgehead atoms. The molecule has 0 spiro atoms. The van der Waals surface area contributed by atoms with Crippen molar-refractivity contribution in [2.75, 3.05) is 23.7 Å². The van der Waals surface area contributed by atoms with Crippen molar-refractivity contribution in [2.45, 2.75) is 39.2 Å². The van der Waals surface area contributed by atoms with Crippen molar-refractivity contribution in [3.8, 4) is 0 Å². The van der Waals surface area contributed by atoms with Crippen LogP contribution in [0.2, 0.25) is 0 Å². The lowest BCUT2D eigenvalue weighted by atomic mass is 10.00. The summed E-state index contributed by atoms with van der Waals surface area (Å²) in [7, 11) is 0. The number of thiol groups is 1. The highest BCUT2D eigenvalue weighted by atomic mass is 32.1. The topological polar surface area (TPSA) is 38.1 Å². The van der Waals surface area contributed by atoms with Crippen LogP contribution in [0.4, 0.5) is 5.69 Å². The van der Waals surface area contributed by atoms with E-state index in [1.54, 1.807) is 10.7 Å². The molecule has 2 fully saturated rings. The first-order chi connectivity index (χ1) is 9.62. The van der Waals surface area contributed by atoms with Gasteiger partial charge < -0.3 is 4.90 Å². The van der Waals surface area contributed by atoms with Gasteiger partial charge in [0.2, 0.25) is 0 Å². The van der Waals surface area contributed by atoms with Crippen LogP contribution in [0.1, 0.15) is 32.6 Å². The number of hydrogen-bond acceptors (Lipinski definition) is 4. The van der Waals surface area contributed by atoms with Gasteiger partial charge in [-0.05, 0) is 42.8 Å². The fourth-order valence-electron chi connectivity index (χ4n) is 3.00. The summed E-state index contributed by atoms with van der Waals surface area (Å²) in [5.74, 6) is 1.54. The lowest BCUT2D eigenvalue weighted by molar-refractivity contribution is 0.421. The molecule has 5 heteroatoms. The Morgan fingerprint density at radius 2 is 2.30 bits per heavy atom. The average molecular weight is 293 g/mol. The van der Waals surface area contributed by atoms with Gasteiger partial charge in [-0.15, -0.1) is 0 Å². The quantitative estimate of drug-likeness (QED) is 0.865. The smallest absolute Gasteiger partial charge is 0.268 e. The Hall–Kier alpha value is -0.970. The van der Waals surface area contributed by atoms with Crippen molar-refractivity contribution in [1.29, 1.82) is 0 Å². The molecule has 0 radical (unpaired) electrons. The summed E-state index contributed by atoms with van der Waals surface area (Å²) in [6.45, 7) is 5.05. The van der Waals surface area contributed by atoms with Gasteiger partial charge in [0.05, 0.1) is 18.4 Å². The molecule has 1 aliphatic carbocycles. The zero-order valence-electron chi connectivity index (χ0n) is 12.1. The molecule has 1 atom stereocenters. The number of rotatable bonds is 4. The number of hydrogen-bond donors (Lipinski definition) is 1. The van der Waals surface area contributed by atoms with Crippen molar-refractivity contribution in [3.63, 3.8) is 0 Å². The van der Waals surface area contributed by atoms with E-state index in [9.17, 15) is 4.79 Å². The summed E-state index contributed by atoms with van der Waals surface area (Å²) in [6, 6.07) is 1.75. The van der Waals surface area contributed by atoms with E-state index in [-0.39, 0.29) is 11.0 Å². The predicted octanol–water partition coefficient (Wildman–Crippen LogP) is 2.19. The highest BCUT2D eigenvalue weighted by Gasteiger charge is 2.42. The summed E-state index contributed by atoms with van der Waals surface area (Å²) < 4.78 is 1.61. The van der Waals surface area contributed by atoms with E-state index < -0.39 is 0 Å². The van der Waals surface area contributed by atoms with Crippen molar-refractivity contribution in [3.05, 3.63) is 22.6 Å². The average Bonchev–Trinajstić information content (AvgIpc) is 3.21. The molecule has 1 saturated heterocycles. The molecule has 0 amide bonds. The van der Waals surface area contributed by atoms with Crippen LogP contribution in [0, 0.1) is 11.3 Å². The molecular weight excluding hydrogens is 270 g/mol. The second-order valence-corrected chi connectivity index (χ2v) is 6.88. The molecule has 4 nitrogen and oxygen atoms in total. The van der Waals surface area contributed by atoms with Crippen molar-refractivity contribution in [2.24, 2.45) is 11.3 Å². The highest BCUT2D eigenvalue weighted by Crippen LogP contribution is 2.47.